The maximum Gasteiger partial charge on any atom is 0.342 e. The number of hydrogen-bond donors (Lipinski definition) is 1. The zero-order chi connectivity index (χ0) is 19.1. The van der Waals surface area contributed by atoms with E-state index in [1.807, 2.05) is 60.7 Å². The SMILES string of the molecule is CCOC(=O)c1cc(C#N)c(NCc2ccccc2)[nH+]c1-c1ccccc1. The summed E-state index contributed by atoms with van der Waals surface area (Å²) in [6.45, 7) is 2.58. The lowest BCUT2D eigenvalue weighted by Gasteiger charge is -2.09. The second kappa shape index (κ2) is 8.63. The van der Waals surface area contributed by atoms with E-state index in [1.165, 1.54) is 0 Å². The molecule has 1 heterocycles. The molecule has 2 aromatic carbocycles. The number of carbonyl (C=O) groups is 1. The average Bonchev–Trinajstić information content (AvgIpc) is 2.73. The number of hydrogen-bond acceptors (Lipinski definition) is 4. The van der Waals surface area contributed by atoms with Crippen LogP contribution in [0.2, 0.25) is 0 Å². The van der Waals surface area contributed by atoms with Gasteiger partial charge in [-0.05, 0) is 18.6 Å². The van der Waals surface area contributed by atoms with Crippen molar-refractivity contribution < 1.29 is 14.5 Å². The summed E-state index contributed by atoms with van der Waals surface area (Å²) in [5, 5.41) is 12.8. The maximum absolute atomic E-state index is 12.4. The summed E-state index contributed by atoms with van der Waals surface area (Å²) in [5.74, 6) is 0.104. The van der Waals surface area contributed by atoms with Gasteiger partial charge in [-0.2, -0.15) is 5.26 Å². The first-order valence-electron chi connectivity index (χ1n) is 8.73. The second-order valence-electron chi connectivity index (χ2n) is 5.88. The first-order chi connectivity index (χ1) is 13.2. The highest BCUT2D eigenvalue weighted by atomic mass is 16.5. The number of anilines is 1. The van der Waals surface area contributed by atoms with Crippen LogP contribution in [0.4, 0.5) is 5.82 Å². The zero-order valence-corrected chi connectivity index (χ0v) is 15.0. The van der Waals surface area contributed by atoms with Crippen LogP contribution in [0.25, 0.3) is 11.3 Å². The van der Waals surface area contributed by atoms with Crippen molar-refractivity contribution in [1.29, 1.82) is 5.26 Å². The number of aromatic amines is 1. The number of carbonyl (C=O) groups excluding carboxylic acids is 1. The smallest absolute Gasteiger partial charge is 0.342 e. The van der Waals surface area contributed by atoms with E-state index in [1.54, 1.807) is 13.0 Å². The van der Waals surface area contributed by atoms with Crippen molar-refractivity contribution in [2.75, 3.05) is 11.9 Å². The van der Waals surface area contributed by atoms with Crippen LogP contribution in [-0.4, -0.2) is 12.6 Å². The van der Waals surface area contributed by atoms with E-state index >= 15 is 0 Å². The molecule has 0 amide bonds. The van der Waals surface area contributed by atoms with Crippen LogP contribution in [0, 0.1) is 11.3 Å². The van der Waals surface area contributed by atoms with Crippen molar-refractivity contribution in [1.82, 2.24) is 0 Å². The third-order valence-electron chi connectivity index (χ3n) is 4.07. The first-order valence-corrected chi connectivity index (χ1v) is 8.73. The van der Waals surface area contributed by atoms with Crippen molar-refractivity contribution in [3.63, 3.8) is 0 Å². The number of nitrogens with one attached hydrogen (secondary N) is 2. The number of nitrogens with zero attached hydrogens (tertiary/aromatic N) is 1. The van der Waals surface area contributed by atoms with Gasteiger partial charge in [0, 0.05) is 5.56 Å². The van der Waals surface area contributed by atoms with Gasteiger partial charge in [0.15, 0.2) is 0 Å². The Hall–Kier alpha value is -3.65. The van der Waals surface area contributed by atoms with E-state index in [4.69, 9.17) is 4.74 Å². The molecule has 0 saturated heterocycles. The molecule has 134 valence electrons. The van der Waals surface area contributed by atoms with Gasteiger partial charge < -0.3 is 4.74 Å². The van der Waals surface area contributed by atoms with E-state index in [2.05, 4.69) is 16.4 Å². The average molecular weight is 358 g/mol. The van der Waals surface area contributed by atoms with Crippen LogP contribution in [-0.2, 0) is 11.3 Å². The number of pyridine rings is 1. The summed E-state index contributed by atoms with van der Waals surface area (Å²) < 4.78 is 5.17. The molecule has 5 nitrogen and oxygen atoms in total. The number of ether oxygens (including phenoxy) is 1. The molecule has 0 atom stereocenters. The van der Waals surface area contributed by atoms with Crippen LogP contribution in [0.1, 0.15) is 28.4 Å². The Balaban J connectivity index is 2.03. The van der Waals surface area contributed by atoms with Crippen LogP contribution in [0.5, 0.6) is 0 Å². The Morgan fingerprint density at radius 3 is 2.41 bits per heavy atom. The summed E-state index contributed by atoms with van der Waals surface area (Å²) in [4.78, 5) is 15.6. The van der Waals surface area contributed by atoms with E-state index in [0.29, 0.717) is 29.2 Å². The largest absolute Gasteiger partial charge is 0.462 e. The molecule has 3 rings (SSSR count). The molecule has 0 saturated carbocycles. The van der Waals surface area contributed by atoms with Crippen LogP contribution in [0.3, 0.4) is 0 Å². The summed E-state index contributed by atoms with van der Waals surface area (Å²) in [5.41, 5.74) is 3.24. The standard InChI is InChI=1S/C22H19N3O2/c1-2-27-22(26)19-13-18(14-23)21(24-15-16-9-5-3-6-10-16)25-20(19)17-11-7-4-8-12-17/h3-13H,2,15H2,1H3,(H,24,25)/p+1. The Kier molecular flexibility index (Phi) is 5.80. The molecule has 0 aliphatic heterocycles. The van der Waals surface area contributed by atoms with Crippen molar-refractivity contribution in [3.8, 4) is 17.3 Å². The van der Waals surface area contributed by atoms with Crippen molar-refractivity contribution in [3.05, 3.63) is 83.4 Å². The van der Waals surface area contributed by atoms with Gasteiger partial charge in [-0.3, -0.25) is 5.32 Å². The number of aromatic nitrogens is 1. The van der Waals surface area contributed by atoms with Crippen molar-refractivity contribution >= 4 is 11.8 Å². The Bertz CT molecular complexity index is 964. The number of benzene rings is 2. The van der Waals surface area contributed by atoms with Crippen LogP contribution >= 0.6 is 0 Å². The van der Waals surface area contributed by atoms with Crippen molar-refractivity contribution in [2.45, 2.75) is 13.5 Å². The quantitative estimate of drug-likeness (QED) is 0.680. The summed E-state index contributed by atoms with van der Waals surface area (Å²) in [7, 11) is 0. The van der Waals surface area contributed by atoms with E-state index in [-0.39, 0.29) is 6.61 Å². The Morgan fingerprint density at radius 1 is 1.11 bits per heavy atom. The fraction of sp³-hybridized carbons (Fsp3) is 0.136. The predicted octanol–water partition coefficient (Wildman–Crippen LogP) is 3.83. The Labute approximate surface area is 158 Å². The molecule has 27 heavy (non-hydrogen) atoms. The minimum atomic E-state index is -0.460. The molecule has 2 N–H and O–H groups in total. The number of rotatable bonds is 6. The summed E-state index contributed by atoms with van der Waals surface area (Å²) in [6.07, 6.45) is 0. The van der Waals surface area contributed by atoms with Gasteiger partial charge in [-0.1, -0.05) is 60.7 Å². The molecule has 0 aliphatic carbocycles. The topological polar surface area (TPSA) is 76.3 Å². The van der Waals surface area contributed by atoms with E-state index in [0.717, 1.165) is 11.1 Å². The fourth-order valence-electron chi connectivity index (χ4n) is 2.76. The lowest BCUT2D eigenvalue weighted by molar-refractivity contribution is -0.348. The third kappa shape index (κ3) is 4.31. The molecule has 0 radical (unpaired) electrons. The minimum Gasteiger partial charge on any atom is -0.462 e. The van der Waals surface area contributed by atoms with Gasteiger partial charge in [-0.15, -0.1) is 0 Å². The fourth-order valence-corrected chi connectivity index (χ4v) is 2.76. The Morgan fingerprint density at radius 2 is 1.78 bits per heavy atom. The predicted molar refractivity (Wildman–Crippen MR) is 103 cm³/mol. The highest BCUT2D eigenvalue weighted by Crippen LogP contribution is 2.24. The maximum atomic E-state index is 12.4. The van der Waals surface area contributed by atoms with Gasteiger partial charge in [0.05, 0.1) is 6.61 Å². The summed E-state index contributed by atoms with van der Waals surface area (Å²) in [6, 6.07) is 23.1. The molecular formula is C22H20N3O2+. The molecule has 0 spiro atoms. The number of esters is 1. The monoisotopic (exact) mass is 358 g/mol. The highest BCUT2D eigenvalue weighted by molar-refractivity contribution is 5.96. The normalized spacial score (nSPS) is 10.1. The number of nitriles is 1. The molecule has 1 aromatic heterocycles. The van der Waals surface area contributed by atoms with Gasteiger partial charge >= 0.3 is 5.97 Å². The molecule has 0 unspecified atom stereocenters. The number of H-pyrrole nitrogens is 1. The van der Waals surface area contributed by atoms with Crippen LogP contribution < -0.4 is 10.3 Å². The second-order valence-corrected chi connectivity index (χ2v) is 5.88. The lowest BCUT2D eigenvalue weighted by atomic mass is 10.0. The van der Waals surface area contributed by atoms with Crippen molar-refractivity contribution in [2.24, 2.45) is 0 Å². The third-order valence-corrected chi connectivity index (χ3v) is 4.07. The van der Waals surface area contributed by atoms with E-state index in [9.17, 15) is 10.1 Å². The minimum absolute atomic E-state index is 0.267. The van der Waals surface area contributed by atoms with Gasteiger partial charge in [0.1, 0.15) is 29.4 Å². The van der Waals surface area contributed by atoms with Crippen LogP contribution in [0.15, 0.2) is 66.7 Å². The summed E-state index contributed by atoms with van der Waals surface area (Å²) >= 11 is 0. The molecule has 0 fully saturated rings. The first kappa shape index (κ1) is 18.2. The van der Waals surface area contributed by atoms with Gasteiger partial charge in [0.2, 0.25) is 0 Å². The van der Waals surface area contributed by atoms with Gasteiger partial charge in [0.25, 0.3) is 5.82 Å². The molecule has 3 aromatic rings. The molecule has 0 aliphatic rings. The molecule has 5 heteroatoms. The zero-order valence-electron chi connectivity index (χ0n) is 15.0. The molecule has 0 bridgehead atoms. The lowest BCUT2D eigenvalue weighted by Crippen LogP contribution is -2.22. The van der Waals surface area contributed by atoms with Gasteiger partial charge in [-0.25, -0.2) is 9.78 Å². The highest BCUT2D eigenvalue weighted by Gasteiger charge is 2.23. The van der Waals surface area contributed by atoms with E-state index < -0.39 is 5.97 Å². The molecular weight excluding hydrogens is 338 g/mol.